The van der Waals surface area contributed by atoms with E-state index in [1.165, 1.54) is 11.6 Å². The Labute approximate surface area is 131 Å². The maximum atomic E-state index is 12.1. The monoisotopic (exact) mass is 315 g/mol. The molecule has 2 aromatic heterocycles. The first-order valence-electron chi connectivity index (χ1n) is 7.04. The molecule has 0 fully saturated rings. The Morgan fingerprint density at radius 2 is 1.96 bits per heavy atom. The van der Waals surface area contributed by atoms with Crippen LogP contribution in [0.2, 0.25) is 0 Å². The van der Waals surface area contributed by atoms with Gasteiger partial charge in [-0.25, -0.2) is 4.79 Å². The number of nitrogens with one attached hydrogen (secondary N) is 2. The molecule has 2 heterocycles. The number of aromatic amines is 1. The largest absolute Gasteiger partial charge is 0.496 e. The highest BCUT2D eigenvalue weighted by atomic mass is 16.5. The summed E-state index contributed by atoms with van der Waals surface area (Å²) in [6.45, 7) is 0.470. The molecule has 0 saturated heterocycles. The summed E-state index contributed by atoms with van der Waals surface area (Å²) in [6.07, 6.45) is 0. The number of nitrogens with zero attached hydrogens (tertiary/aromatic N) is 3. The molecule has 0 spiro atoms. The summed E-state index contributed by atoms with van der Waals surface area (Å²) in [6, 6.07) is 7.61. The lowest BCUT2D eigenvalue weighted by molar-refractivity contribution is 0.410. The molecule has 23 heavy (non-hydrogen) atoms. The number of fused-ring (bicyclic) bond motifs is 1. The van der Waals surface area contributed by atoms with Gasteiger partial charge >= 0.3 is 5.69 Å². The number of imidazole rings is 1. The van der Waals surface area contributed by atoms with Crippen LogP contribution in [-0.4, -0.2) is 26.2 Å². The normalized spacial score (nSPS) is 10.9. The molecule has 0 saturated carbocycles. The lowest BCUT2D eigenvalue weighted by Crippen LogP contribution is -2.36. The molecule has 8 nitrogen and oxygen atoms in total. The molecular formula is C15H17N5O3. The summed E-state index contributed by atoms with van der Waals surface area (Å²) in [4.78, 5) is 31.2. The Morgan fingerprint density at radius 3 is 2.70 bits per heavy atom. The zero-order valence-electron chi connectivity index (χ0n) is 13.1. The van der Waals surface area contributed by atoms with Gasteiger partial charge in [0.15, 0.2) is 11.2 Å². The Kier molecular flexibility index (Phi) is 3.65. The van der Waals surface area contributed by atoms with Crippen LogP contribution in [0.1, 0.15) is 5.56 Å². The maximum absolute atomic E-state index is 12.1. The quantitative estimate of drug-likeness (QED) is 0.734. The minimum absolute atomic E-state index is 0.289. The third-order valence-electron chi connectivity index (χ3n) is 3.73. The summed E-state index contributed by atoms with van der Waals surface area (Å²) in [5.41, 5.74) is 0.751. The van der Waals surface area contributed by atoms with Crippen molar-refractivity contribution in [3.05, 3.63) is 50.7 Å². The molecule has 8 heteroatoms. The van der Waals surface area contributed by atoms with Crippen molar-refractivity contribution in [2.75, 3.05) is 12.4 Å². The molecule has 0 unspecified atom stereocenters. The van der Waals surface area contributed by atoms with Crippen LogP contribution in [0.5, 0.6) is 5.75 Å². The van der Waals surface area contributed by atoms with Gasteiger partial charge in [0.1, 0.15) is 5.75 Å². The van der Waals surface area contributed by atoms with Crippen molar-refractivity contribution in [1.82, 2.24) is 19.1 Å². The van der Waals surface area contributed by atoms with Gasteiger partial charge in [0.2, 0.25) is 5.95 Å². The first kappa shape index (κ1) is 14.9. The van der Waals surface area contributed by atoms with Crippen LogP contribution in [0, 0.1) is 0 Å². The fraction of sp³-hybridized carbons (Fsp3) is 0.267. The number of hydrogen-bond acceptors (Lipinski definition) is 5. The van der Waals surface area contributed by atoms with Crippen LogP contribution >= 0.6 is 0 Å². The van der Waals surface area contributed by atoms with E-state index in [-0.39, 0.29) is 5.52 Å². The molecule has 0 amide bonds. The lowest BCUT2D eigenvalue weighted by Gasteiger charge is -2.08. The average Bonchev–Trinajstić information content (AvgIpc) is 3.01. The van der Waals surface area contributed by atoms with Crippen molar-refractivity contribution < 1.29 is 4.74 Å². The molecule has 3 aromatic rings. The van der Waals surface area contributed by atoms with Crippen molar-refractivity contribution >= 4 is 17.1 Å². The molecule has 0 aliphatic carbocycles. The van der Waals surface area contributed by atoms with Gasteiger partial charge in [0.05, 0.1) is 7.11 Å². The summed E-state index contributed by atoms with van der Waals surface area (Å²) >= 11 is 0. The van der Waals surface area contributed by atoms with Crippen molar-refractivity contribution in [3.8, 4) is 5.75 Å². The molecular weight excluding hydrogens is 298 g/mol. The Bertz CT molecular complexity index is 983. The standard InChI is InChI=1S/C15H17N5O3/c1-19-12-11(13(21)20(2)15(19)22)17-14(18-12)16-8-9-6-4-5-7-10(9)23-3/h4-7H,8H2,1-3H3,(H2,16,17,18). The van der Waals surface area contributed by atoms with E-state index < -0.39 is 11.2 Å². The van der Waals surface area contributed by atoms with Gasteiger partial charge < -0.3 is 15.0 Å². The summed E-state index contributed by atoms with van der Waals surface area (Å²) < 4.78 is 7.67. The lowest BCUT2D eigenvalue weighted by atomic mass is 10.2. The zero-order valence-corrected chi connectivity index (χ0v) is 13.1. The number of benzene rings is 1. The highest BCUT2D eigenvalue weighted by Crippen LogP contribution is 2.18. The van der Waals surface area contributed by atoms with Crippen molar-refractivity contribution in [3.63, 3.8) is 0 Å². The number of ether oxygens (including phenoxy) is 1. The zero-order chi connectivity index (χ0) is 16.6. The van der Waals surface area contributed by atoms with E-state index in [0.717, 1.165) is 15.9 Å². The molecule has 0 aliphatic rings. The van der Waals surface area contributed by atoms with Crippen LogP contribution in [0.4, 0.5) is 5.95 Å². The molecule has 1 aromatic carbocycles. The van der Waals surface area contributed by atoms with Gasteiger partial charge in [-0.3, -0.25) is 13.9 Å². The molecule has 2 N–H and O–H groups in total. The summed E-state index contributed by atoms with van der Waals surface area (Å²) in [5, 5.41) is 3.11. The third-order valence-corrected chi connectivity index (χ3v) is 3.73. The Morgan fingerprint density at radius 1 is 1.22 bits per heavy atom. The number of methoxy groups -OCH3 is 1. The number of H-pyrrole nitrogens is 1. The van der Waals surface area contributed by atoms with Crippen LogP contribution in [0.25, 0.3) is 11.2 Å². The van der Waals surface area contributed by atoms with Gasteiger partial charge in [-0.1, -0.05) is 18.2 Å². The average molecular weight is 315 g/mol. The number of para-hydroxylation sites is 1. The topological polar surface area (TPSA) is 93.9 Å². The van der Waals surface area contributed by atoms with E-state index in [1.54, 1.807) is 14.2 Å². The fourth-order valence-electron chi connectivity index (χ4n) is 2.44. The predicted octanol–water partition coefficient (Wildman–Crippen LogP) is 0.581. The first-order chi connectivity index (χ1) is 11.0. The highest BCUT2D eigenvalue weighted by molar-refractivity contribution is 5.72. The summed E-state index contributed by atoms with van der Waals surface area (Å²) in [5.74, 6) is 1.18. The van der Waals surface area contributed by atoms with E-state index >= 15 is 0 Å². The smallest absolute Gasteiger partial charge is 0.332 e. The van der Waals surface area contributed by atoms with Gasteiger partial charge in [-0.2, -0.15) is 4.98 Å². The second kappa shape index (κ2) is 5.64. The highest BCUT2D eigenvalue weighted by Gasteiger charge is 2.13. The van der Waals surface area contributed by atoms with E-state index in [4.69, 9.17) is 4.74 Å². The van der Waals surface area contributed by atoms with Crippen LogP contribution in [0.15, 0.2) is 33.9 Å². The van der Waals surface area contributed by atoms with Crippen molar-refractivity contribution in [2.45, 2.75) is 6.54 Å². The summed E-state index contributed by atoms with van der Waals surface area (Å²) in [7, 11) is 4.63. The SMILES string of the molecule is COc1ccccc1CNc1nc2c([nH]1)c(=O)n(C)c(=O)n2C. The Balaban J connectivity index is 1.96. The number of aryl methyl sites for hydroxylation is 1. The number of aromatic nitrogens is 4. The van der Waals surface area contributed by atoms with Crippen LogP contribution in [-0.2, 0) is 20.6 Å². The number of rotatable bonds is 4. The van der Waals surface area contributed by atoms with E-state index in [0.29, 0.717) is 18.1 Å². The fourth-order valence-corrected chi connectivity index (χ4v) is 2.44. The number of anilines is 1. The van der Waals surface area contributed by atoms with Gasteiger partial charge in [0, 0.05) is 26.2 Å². The number of hydrogen-bond donors (Lipinski definition) is 2. The van der Waals surface area contributed by atoms with Gasteiger partial charge in [-0.15, -0.1) is 0 Å². The van der Waals surface area contributed by atoms with Crippen LogP contribution in [0.3, 0.4) is 0 Å². The Hall–Kier alpha value is -3.03. The third kappa shape index (κ3) is 2.48. The second-order valence-electron chi connectivity index (χ2n) is 5.16. The van der Waals surface area contributed by atoms with E-state index in [2.05, 4.69) is 15.3 Å². The first-order valence-corrected chi connectivity index (χ1v) is 7.04. The molecule has 0 atom stereocenters. The molecule has 3 rings (SSSR count). The predicted molar refractivity (Wildman–Crippen MR) is 86.9 cm³/mol. The van der Waals surface area contributed by atoms with Crippen molar-refractivity contribution in [1.29, 1.82) is 0 Å². The van der Waals surface area contributed by atoms with Crippen LogP contribution < -0.4 is 21.3 Å². The van der Waals surface area contributed by atoms with Crippen molar-refractivity contribution in [2.24, 2.45) is 14.1 Å². The molecule has 0 radical (unpaired) electrons. The minimum atomic E-state index is -0.412. The minimum Gasteiger partial charge on any atom is -0.496 e. The maximum Gasteiger partial charge on any atom is 0.332 e. The van der Waals surface area contributed by atoms with E-state index in [9.17, 15) is 9.59 Å². The second-order valence-corrected chi connectivity index (χ2v) is 5.16. The van der Waals surface area contributed by atoms with Gasteiger partial charge in [0.25, 0.3) is 5.56 Å². The van der Waals surface area contributed by atoms with E-state index in [1.807, 2.05) is 24.3 Å². The molecule has 0 bridgehead atoms. The molecule has 120 valence electrons. The van der Waals surface area contributed by atoms with Gasteiger partial charge in [-0.05, 0) is 6.07 Å². The molecule has 0 aliphatic heterocycles.